The summed E-state index contributed by atoms with van der Waals surface area (Å²) in [5.41, 5.74) is 8.13. The van der Waals surface area contributed by atoms with Gasteiger partial charge in [-0.1, -0.05) is 29.4 Å². The summed E-state index contributed by atoms with van der Waals surface area (Å²) in [7, 11) is 0. The Hall–Kier alpha value is -2.99. The van der Waals surface area contributed by atoms with Crippen molar-refractivity contribution in [2.45, 2.75) is 26.3 Å². The van der Waals surface area contributed by atoms with Crippen molar-refractivity contribution in [1.29, 1.82) is 0 Å². The number of carbonyl (C=O) groups is 1. The number of nitrogens with two attached hydrogens (primary N) is 1. The lowest BCUT2D eigenvalue weighted by atomic mass is 10.1. The summed E-state index contributed by atoms with van der Waals surface area (Å²) in [4.78, 5) is 16.7. The van der Waals surface area contributed by atoms with Gasteiger partial charge in [0.15, 0.2) is 5.78 Å². The van der Waals surface area contributed by atoms with E-state index in [1.807, 2.05) is 31.2 Å². The van der Waals surface area contributed by atoms with E-state index in [4.69, 9.17) is 15.0 Å². The van der Waals surface area contributed by atoms with Crippen molar-refractivity contribution >= 4 is 5.78 Å². The van der Waals surface area contributed by atoms with E-state index in [0.717, 1.165) is 16.9 Å². The van der Waals surface area contributed by atoms with Crippen molar-refractivity contribution in [3.8, 4) is 17.1 Å². The van der Waals surface area contributed by atoms with Crippen LogP contribution in [0.3, 0.4) is 0 Å². The molecule has 2 aromatic carbocycles. The molecule has 0 bridgehead atoms. The number of hydrogen-bond donors (Lipinski definition) is 1. The van der Waals surface area contributed by atoms with E-state index in [2.05, 4.69) is 10.1 Å². The Kier molecular flexibility index (Phi) is 5.76. The highest BCUT2D eigenvalue weighted by molar-refractivity contribution is 5.96. The monoisotopic (exact) mass is 351 g/mol. The minimum atomic E-state index is 0.0279. The topological polar surface area (TPSA) is 91.2 Å². The van der Waals surface area contributed by atoms with Crippen LogP contribution in [-0.4, -0.2) is 22.5 Å². The first-order valence-corrected chi connectivity index (χ1v) is 8.57. The van der Waals surface area contributed by atoms with Crippen LogP contribution in [0.1, 0.15) is 35.2 Å². The van der Waals surface area contributed by atoms with Crippen molar-refractivity contribution < 1.29 is 14.1 Å². The highest BCUT2D eigenvalue weighted by Crippen LogP contribution is 2.18. The second kappa shape index (κ2) is 8.40. The molecule has 0 saturated carbocycles. The summed E-state index contributed by atoms with van der Waals surface area (Å²) < 4.78 is 10.6. The van der Waals surface area contributed by atoms with Crippen molar-refractivity contribution in [1.82, 2.24) is 10.1 Å². The fraction of sp³-hybridized carbons (Fsp3) is 0.250. The zero-order valence-corrected chi connectivity index (χ0v) is 14.6. The lowest BCUT2D eigenvalue weighted by molar-refractivity contribution is 0.0979. The number of hydrogen-bond acceptors (Lipinski definition) is 6. The fourth-order valence-corrected chi connectivity index (χ4v) is 2.53. The van der Waals surface area contributed by atoms with Gasteiger partial charge in [-0.05, 0) is 36.8 Å². The van der Waals surface area contributed by atoms with E-state index in [1.165, 1.54) is 0 Å². The number of ketones is 1. The van der Waals surface area contributed by atoms with Gasteiger partial charge in [0.1, 0.15) is 5.75 Å². The summed E-state index contributed by atoms with van der Waals surface area (Å²) in [5.74, 6) is 1.74. The van der Waals surface area contributed by atoms with Gasteiger partial charge >= 0.3 is 0 Å². The number of nitrogens with zero attached hydrogens (tertiary/aromatic N) is 2. The lowest BCUT2D eigenvalue weighted by Crippen LogP contribution is -2.01. The van der Waals surface area contributed by atoms with Gasteiger partial charge in [0.2, 0.25) is 11.7 Å². The third-order valence-corrected chi connectivity index (χ3v) is 3.97. The molecule has 26 heavy (non-hydrogen) atoms. The second-order valence-corrected chi connectivity index (χ2v) is 5.79. The van der Waals surface area contributed by atoms with Crippen molar-refractivity contribution in [2.75, 3.05) is 6.61 Å². The molecule has 6 nitrogen and oxygen atoms in total. The maximum absolute atomic E-state index is 12.3. The first kappa shape index (κ1) is 17.8. The minimum Gasteiger partial charge on any atom is -0.494 e. The summed E-state index contributed by atoms with van der Waals surface area (Å²) >= 11 is 0. The molecule has 0 spiro atoms. The molecule has 0 aliphatic carbocycles. The number of aryl methyl sites for hydroxylation is 1. The molecule has 6 heteroatoms. The Morgan fingerprint density at radius 1 is 1.12 bits per heavy atom. The number of benzene rings is 2. The molecule has 2 N–H and O–H groups in total. The first-order valence-electron chi connectivity index (χ1n) is 8.57. The lowest BCUT2D eigenvalue weighted by Gasteiger charge is -2.03. The molecule has 1 heterocycles. The number of carbonyl (C=O) groups excluding carboxylic acids is 1. The zero-order chi connectivity index (χ0) is 18.4. The normalized spacial score (nSPS) is 10.7. The molecule has 0 unspecified atom stereocenters. The quantitative estimate of drug-likeness (QED) is 0.625. The highest BCUT2D eigenvalue weighted by atomic mass is 16.5. The van der Waals surface area contributed by atoms with Crippen LogP contribution in [-0.2, 0) is 13.0 Å². The molecule has 0 atom stereocenters. The SMILES string of the molecule is CCOc1ccc(C(=O)CCc2nc(-c3ccc(CN)cc3)no2)cc1. The highest BCUT2D eigenvalue weighted by Gasteiger charge is 2.12. The van der Waals surface area contributed by atoms with Gasteiger partial charge in [0.05, 0.1) is 6.61 Å². The second-order valence-electron chi connectivity index (χ2n) is 5.79. The molecule has 0 aliphatic rings. The summed E-state index contributed by atoms with van der Waals surface area (Å²) in [6, 6.07) is 14.8. The minimum absolute atomic E-state index is 0.0279. The third kappa shape index (κ3) is 4.34. The van der Waals surface area contributed by atoms with Gasteiger partial charge in [0, 0.05) is 30.5 Å². The smallest absolute Gasteiger partial charge is 0.227 e. The van der Waals surface area contributed by atoms with Gasteiger partial charge in [-0.15, -0.1) is 0 Å². The van der Waals surface area contributed by atoms with E-state index in [9.17, 15) is 4.79 Å². The summed E-state index contributed by atoms with van der Waals surface area (Å²) in [5, 5.41) is 3.98. The van der Waals surface area contributed by atoms with Gasteiger partial charge < -0.3 is 15.0 Å². The van der Waals surface area contributed by atoms with Crippen LogP contribution in [0.4, 0.5) is 0 Å². The Labute approximate surface area is 152 Å². The average Bonchev–Trinajstić information content (AvgIpc) is 3.16. The molecular formula is C20H21N3O3. The third-order valence-electron chi connectivity index (χ3n) is 3.97. The van der Waals surface area contributed by atoms with E-state index in [0.29, 0.717) is 43.3 Å². The van der Waals surface area contributed by atoms with Gasteiger partial charge in [-0.25, -0.2) is 0 Å². The van der Waals surface area contributed by atoms with Crippen molar-refractivity contribution in [2.24, 2.45) is 5.73 Å². The van der Waals surface area contributed by atoms with Crippen LogP contribution in [0.2, 0.25) is 0 Å². The number of rotatable bonds is 8. The molecule has 0 radical (unpaired) electrons. The Morgan fingerprint density at radius 3 is 2.50 bits per heavy atom. The first-order chi connectivity index (χ1) is 12.7. The largest absolute Gasteiger partial charge is 0.494 e. The van der Waals surface area contributed by atoms with Gasteiger partial charge in [-0.3, -0.25) is 4.79 Å². The van der Waals surface area contributed by atoms with E-state index in [-0.39, 0.29) is 5.78 Å². The van der Waals surface area contributed by atoms with Crippen LogP contribution >= 0.6 is 0 Å². The van der Waals surface area contributed by atoms with E-state index in [1.54, 1.807) is 24.3 Å². The van der Waals surface area contributed by atoms with Crippen LogP contribution in [0.5, 0.6) is 5.75 Å². The predicted molar refractivity (Wildman–Crippen MR) is 97.9 cm³/mol. The number of ether oxygens (including phenoxy) is 1. The van der Waals surface area contributed by atoms with Crippen molar-refractivity contribution in [3.63, 3.8) is 0 Å². The summed E-state index contributed by atoms with van der Waals surface area (Å²) in [6.07, 6.45) is 0.710. The molecule has 1 aromatic heterocycles. The van der Waals surface area contributed by atoms with Crippen LogP contribution in [0, 0.1) is 0 Å². The molecule has 0 aliphatic heterocycles. The molecule has 0 amide bonds. The molecule has 3 rings (SSSR count). The Morgan fingerprint density at radius 2 is 1.85 bits per heavy atom. The van der Waals surface area contributed by atoms with Crippen LogP contribution in [0.15, 0.2) is 53.1 Å². The molecule has 134 valence electrons. The Bertz CT molecular complexity index is 855. The van der Waals surface area contributed by atoms with Gasteiger partial charge in [-0.2, -0.15) is 4.98 Å². The summed E-state index contributed by atoms with van der Waals surface area (Å²) in [6.45, 7) is 3.01. The van der Waals surface area contributed by atoms with Crippen LogP contribution in [0.25, 0.3) is 11.4 Å². The average molecular weight is 351 g/mol. The number of Topliss-reactive ketones (excluding diaryl/α,β-unsaturated/α-hetero) is 1. The Balaban J connectivity index is 1.59. The molecule has 0 fully saturated rings. The van der Waals surface area contributed by atoms with E-state index >= 15 is 0 Å². The maximum atomic E-state index is 12.3. The molecule has 3 aromatic rings. The molecule has 0 saturated heterocycles. The maximum Gasteiger partial charge on any atom is 0.227 e. The standard InChI is InChI=1S/C20H21N3O3/c1-2-25-17-9-7-15(8-10-17)18(24)11-12-19-22-20(23-26-19)16-5-3-14(13-21)4-6-16/h3-10H,2,11-13,21H2,1H3. The fourth-order valence-electron chi connectivity index (χ4n) is 2.53. The predicted octanol–water partition coefficient (Wildman–Crippen LogP) is 3.41. The van der Waals surface area contributed by atoms with Crippen LogP contribution < -0.4 is 10.5 Å². The molecular weight excluding hydrogens is 330 g/mol. The number of aromatic nitrogens is 2. The van der Waals surface area contributed by atoms with Gasteiger partial charge in [0.25, 0.3) is 0 Å². The zero-order valence-electron chi connectivity index (χ0n) is 14.6. The van der Waals surface area contributed by atoms with E-state index < -0.39 is 0 Å². The van der Waals surface area contributed by atoms with Crippen molar-refractivity contribution in [3.05, 3.63) is 65.5 Å².